The largest absolute Gasteiger partial charge is 0.454 e. The van der Waals surface area contributed by atoms with Gasteiger partial charge in [-0.25, -0.2) is 9.50 Å². The molecule has 2 aromatic carbocycles. The van der Waals surface area contributed by atoms with E-state index in [9.17, 15) is 9.90 Å². The number of aliphatic hydroxyl groups is 1. The van der Waals surface area contributed by atoms with Gasteiger partial charge in [-0.15, -0.1) is 0 Å². The number of nitrogens with one attached hydrogen (secondary N) is 1. The number of anilines is 1. The lowest BCUT2D eigenvalue weighted by Gasteiger charge is -2.17. The summed E-state index contributed by atoms with van der Waals surface area (Å²) in [5, 5.41) is 17.5. The average Bonchev–Trinajstić information content (AvgIpc) is 3.37. The van der Waals surface area contributed by atoms with E-state index in [0.29, 0.717) is 28.5 Å². The molecule has 2 N–H and O–H groups in total. The van der Waals surface area contributed by atoms with Gasteiger partial charge in [0.05, 0.1) is 17.0 Å². The van der Waals surface area contributed by atoms with Gasteiger partial charge in [-0.1, -0.05) is 12.1 Å². The van der Waals surface area contributed by atoms with Gasteiger partial charge in [-0.2, -0.15) is 5.10 Å². The Kier molecular flexibility index (Phi) is 4.60. The van der Waals surface area contributed by atoms with E-state index in [1.54, 1.807) is 48.7 Å². The maximum absolute atomic E-state index is 12.8. The summed E-state index contributed by atoms with van der Waals surface area (Å²) in [6.45, 7) is 5.48. The van der Waals surface area contributed by atoms with Crippen LogP contribution in [0, 0.1) is 6.92 Å². The van der Waals surface area contributed by atoms with E-state index in [1.807, 2.05) is 31.2 Å². The summed E-state index contributed by atoms with van der Waals surface area (Å²) < 4.78 is 12.7. The number of carbonyl (C=O) groups excluding carboxylic acids is 1. The quantitative estimate of drug-likeness (QED) is 0.509. The fraction of sp³-hybridized carbons (Fsp3) is 0.208. The topological polar surface area (TPSA) is 98.0 Å². The molecule has 0 bridgehead atoms. The standard InChI is InChI=1S/C24H22N4O4/c1-14-10-22-25-21(26-23(29)15-4-7-17(8-5-15)24(2,3)30)12-18(28(22)27-14)16-6-9-19-20(11-16)32-13-31-19/h4-12,30H,13H2,1-3H3,(H,25,26,29). The molecular weight excluding hydrogens is 408 g/mol. The highest BCUT2D eigenvalue weighted by atomic mass is 16.7. The number of aryl methyl sites for hydroxylation is 1. The van der Waals surface area contributed by atoms with Crippen LogP contribution in [0.1, 0.15) is 35.5 Å². The highest BCUT2D eigenvalue weighted by Crippen LogP contribution is 2.36. The lowest BCUT2D eigenvalue weighted by atomic mass is 9.97. The third kappa shape index (κ3) is 3.65. The molecule has 2 aromatic heterocycles. The summed E-state index contributed by atoms with van der Waals surface area (Å²) in [6, 6.07) is 16.1. The summed E-state index contributed by atoms with van der Waals surface area (Å²) in [6.07, 6.45) is 0. The van der Waals surface area contributed by atoms with Gasteiger partial charge in [0.15, 0.2) is 17.1 Å². The van der Waals surface area contributed by atoms with Crippen LogP contribution in [0.15, 0.2) is 54.6 Å². The van der Waals surface area contributed by atoms with Crippen molar-refractivity contribution in [1.82, 2.24) is 14.6 Å². The highest BCUT2D eigenvalue weighted by molar-refractivity contribution is 6.04. The van der Waals surface area contributed by atoms with Crippen LogP contribution in [0.4, 0.5) is 5.82 Å². The Morgan fingerprint density at radius 3 is 2.56 bits per heavy atom. The number of aromatic nitrogens is 3. The zero-order chi connectivity index (χ0) is 22.5. The normalized spacial score (nSPS) is 12.9. The van der Waals surface area contributed by atoms with Crippen molar-refractivity contribution in [1.29, 1.82) is 0 Å². The number of benzene rings is 2. The monoisotopic (exact) mass is 430 g/mol. The van der Waals surface area contributed by atoms with E-state index in [-0.39, 0.29) is 12.7 Å². The Labute approximate surface area is 184 Å². The molecule has 8 heteroatoms. The number of fused-ring (bicyclic) bond motifs is 2. The maximum atomic E-state index is 12.8. The molecule has 3 heterocycles. The summed E-state index contributed by atoms with van der Waals surface area (Å²) in [5.41, 5.74) is 3.27. The molecule has 0 radical (unpaired) electrons. The predicted octanol–water partition coefficient (Wildman–Crippen LogP) is 3.91. The number of carbonyl (C=O) groups is 1. The molecule has 8 nitrogen and oxygen atoms in total. The molecule has 0 aliphatic carbocycles. The van der Waals surface area contributed by atoms with Gasteiger partial charge < -0.3 is 19.9 Å². The highest BCUT2D eigenvalue weighted by Gasteiger charge is 2.19. The Hall–Kier alpha value is -3.91. The molecule has 4 aromatic rings. The first-order valence-electron chi connectivity index (χ1n) is 10.2. The zero-order valence-corrected chi connectivity index (χ0v) is 17.9. The summed E-state index contributed by atoms with van der Waals surface area (Å²) >= 11 is 0. The van der Waals surface area contributed by atoms with Gasteiger partial charge in [0.25, 0.3) is 5.91 Å². The minimum Gasteiger partial charge on any atom is -0.454 e. The average molecular weight is 430 g/mol. The SMILES string of the molecule is Cc1cc2nc(NC(=O)c3ccc(C(C)(C)O)cc3)cc(-c3ccc4c(c3)OCO4)n2n1. The second kappa shape index (κ2) is 7.35. The van der Waals surface area contributed by atoms with Crippen molar-refractivity contribution in [3.05, 3.63) is 71.4 Å². The molecule has 5 rings (SSSR count). The number of rotatable bonds is 4. The number of amides is 1. The summed E-state index contributed by atoms with van der Waals surface area (Å²) in [7, 11) is 0. The van der Waals surface area contributed by atoms with E-state index >= 15 is 0 Å². The fourth-order valence-electron chi connectivity index (χ4n) is 3.63. The minimum absolute atomic E-state index is 0.193. The number of hydrogen-bond acceptors (Lipinski definition) is 6. The molecule has 1 amide bonds. The molecule has 1 aliphatic rings. The van der Waals surface area contributed by atoms with Crippen molar-refractivity contribution in [2.45, 2.75) is 26.4 Å². The van der Waals surface area contributed by atoms with E-state index in [1.165, 1.54) is 0 Å². The first kappa shape index (κ1) is 20.0. The lowest BCUT2D eigenvalue weighted by molar-refractivity contribution is 0.0785. The van der Waals surface area contributed by atoms with Crippen molar-refractivity contribution in [2.75, 3.05) is 12.1 Å². The second-order valence-electron chi connectivity index (χ2n) is 8.24. The van der Waals surface area contributed by atoms with E-state index < -0.39 is 5.60 Å². The third-order valence-electron chi connectivity index (χ3n) is 5.31. The van der Waals surface area contributed by atoms with Crippen LogP contribution in [0.25, 0.3) is 16.9 Å². The van der Waals surface area contributed by atoms with Crippen LogP contribution in [0.5, 0.6) is 11.5 Å². The number of ether oxygens (including phenoxy) is 2. The van der Waals surface area contributed by atoms with Crippen LogP contribution in [-0.4, -0.2) is 32.4 Å². The first-order valence-corrected chi connectivity index (χ1v) is 10.2. The minimum atomic E-state index is -0.971. The Bertz CT molecular complexity index is 1340. The molecule has 0 fully saturated rings. The predicted molar refractivity (Wildman–Crippen MR) is 119 cm³/mol. The smallest absolute Gasteiger partial charge is 0.256 e. The molecule has 0 unspecified atom stereocenters. The maximum Gasteiger partial charge on any atom is 0.256 e. The third-order valence-corrected chi connectivity index (χ3v) is 5.31. The van der Waals surface area contributed by atoms with Crippen molar-refractivity contribution in [3.8, 4) is 22.8 Å². The van der Waals surface area contributed by atoms with Crippen LogP contribution < -0.4 is 14.8 Å². The van der Waals surface area contributed by atoms with Gasteiger partial charge in [-0.05, 0) is 56.7 Å². The van der Waals surface area contributed by atoms with Crippen molar-refractivity contribution in [3.63, 3.8) is 0 Å². The van der Waals surface area contributed by atoms with Crippen molar-refractivity contribution in [2.24, 2.45) is 0 Å². The van der Waals surface area contributed by atoms with Gasteiger partial charge in [0.1, 0.15) is 5.82 Å². The van der Waals surface area contributed by atoms with Crippen LogP contribution in [0.3, 0.4) is 0 Å². The number of hydrogen-bond donors (Lipinski definition) is 2. The summed E-state index contributed by atoms with van der Waals surface area (Å²) in [5.74, 6) is 1.46. The van der Waals surface area contributed by atoms with Crippen LogP contribution in [0.2, 0.25) is 0 Å². The fourth-order valence-corrected chi connectivity index (χ4v) is 3.63. The van der Waals surface area contributed by atoms with Gasteiger partial charge in [-0.3, -0.25) is 4.79 Å². The van der Waals surface area contributed by atoms with Gasteiger partial charge in [0.2, 0.25) is 6.79 Å². The number of nitrogens with zero attached hydrogens (tertiary/aromatic N) is 3. The van der Waals surface area contributed by atoms with Crippen LogP contribution >= 0.6 is 0 Å². The van der Waals surface area contributed by atoms with Crippen LogP contribution in [-0.2, 0) is 5.60 Å². The zero-order valence-electron chi connectivity index (χ0n) is 17.9. The molecule has 32 heavy (non-hydrogen) atoms. The van der Waals surface area contributed by atoms with E-state index in [4.69, 9.17) is 9.47 Å². The molecule has 0 saturated heterocycles. The molecule has 0 saturated carbocycles. The van der Waals surface area contributed by atoms with Crippen molar-refractivity contribution < 1.29 is 19.4 Å². The molecule has 1 aliphatic heterocycles. The molecule has 0 atom stereocenters. The Morgan fingerprint density at radius 2 is 1.81 bits per heavy atom. The van der Waals surface area contributed by atoms with E-state index in [0.717, 1.165) is 22.5 Å². The second-order valence-corrected chi connectivity index (χ2v) is 8.24. The summed E-state index contributed by atoms with van der Waals surface area (Å²) in [4.78, 5) is 17.4. The van der Waals surface area contributed by atoms with Crippen molar-refractivity contribution >= 4 is 17.4 Å². The lowest BCUT2D eigenvalue weighted by Crippen LogP contribution is -2.17. The molecule has 162 valence electrons. The first-order chi connectivity index (χ1) is 15.3. The molecule has 0 spiro atoms. The molecular formula is C24H22N4O4. The Balaban J connectivity index is 1.50. The Morgan fingerprint density at radius 1 is 1.06 bits per heavy atom. The van der Waals surface area contributed by atoms with Gasteiger partial charge >= 0.3 is 0 Å². The van der Waals surface area contributed by atoms with E-state index in [2.05, 4.69) is 15.4 Å². The van der Waals surface area contributed by atoms with Gasteiger partial charge in [0, 0.05) is 23.3 Å².